The fraction of sp³-hybridized carbons (Fsp3) is 0.316. The Kier molecular flexibility index (Phi) is 6.28. The van der Waals surface area contributed by atoms with Crippen LogP contribution in [0.4, 0.5) is 0 Å². The quantitative estimate of drug-likeness (QED) is 0.770. The van der Waals surface area contributed by atoms with Crippen LogP contribution in [0.3, 0.4) is 0 Å². The van der Waals surface area contributed by atoms with Gasteiger partial charge in [0.25, 0.3) is 0 Å². The number of furan rings is 1. The van der Waals surface area contributed by atoms with Crippen LogP contribution in [0.15, 0.2) is 53.2 Å². The molecule has 1 atom stereocenters. The molecule has 0 saturated carbocycles. The van der Waals surface area contributed by atoms with Crippen LogP contribution in [0, 0.1) is 0 Å². The van der Waals surface area contributed by atoms with E-state index in [0.29, 0.717) is 11.6 Å². The van der Waals surface area contributed by atoms with Crippen molar-refractivity contribution in [3.8, 4) is 0 Å². The summed E-state index contributed by atoms with van der Waals surface area (Å²) in [5, 5.41) is 3.65. The molecular weight excluding hydrogens is 340 g/mol. The van der Waals surface area contributed by atoms with Crippen molar-refractivity contribution in [2.24, 2.45) is 0 Å². The minimum Gasteiger partial charge on any atom is -0.463 e. The number of nitrogens with one attached hydrogen (secondary N) is 2. The smallest absolute Gasteiger partial charge is 0.244 e. The van der Waals surface area contributed by atoms with E-state index in [1.807, 2.05) is 24.3 Å². The number of ether oxygens (including phenoxy) is 1. The van der Waals surface area contributed by atoms with Crippen molar-refractivity contribution in [3.05, 3.63) is 65.1 Å². The number of carbonyl (C=O) groups is 1. The van der Waals surface area contributed by atoms with Crippen LogP contribution in [0.1, 0.15) is 17.4 Å². The zero-order valence-electron chi connectivity index (χ0n) is 13.9. The van der Waals surface area contributed by atoms with E-state index in [2.05, 4.69) is 5.32 Å². The molecule has 5 nitrogen and oxygen atoms in total. The van der Waals surface area contributed by atoms with Crippen LogP contribution in [-0.2, 0) is 9.53 Å². The Morgan fingerprint density at radius 1 is 1.24 bits per heavy atom. The Balaban J connectivity index is 1.58. The van der Waals surface area contributed by atoms with E-state index in [1.54, 1.807) is 24.5 Å². The Bertz CT molecular complexity index is 692. The van der Waals surface area contributed by atoms with E-state index in [4.69, 9.17) is 20.8 Å². The minimum atomic E-state index is -0.126. The minimum absolute atomic E-state index is 0.0896. The summed E-state index contributed by atoms with van der Waals surface area (Å²) in [4.78, 5) is 13.5. The number of halogens is 1. The van der Waals surface area contributed by atoms with Gasteiger partial charge in [0.15, 0.2) is 11.8 Å². The standard InChI is InChI=1S/C19H21ClN2O3/c20-16-6-3-15(4-7-16)5-8-19(23)21-14-17(18-2-1-11-25-18)22-9-12-24-13-10-22/h1-8,11,17H,9-10,12-14H2,(H,21,23)/p+1/b8-5+/t17-/m0/s1. The fourth-order valence-electron chi connectivity index (χ4n) is 2.93. The summed E-state index contributed by atoms with van der Waals surface area (Å²) in [7, 11) is 0. The third-order valence-corrected chi connectivity index (χ3v) is 4.54. The van der Waals surface area contributed by atoms with Gasteiger partial charge in [0.2, 0.25) is 5.91 Å². The summed E-state index contributed by atoms with van der Waals surface area (Å²) < 4.78 is 11.0. The summed E-state index contributed by atoms with van der Waals surface area (Å²) >= 11 is 5.86. The predicted octanol–water partition coefficient (Wildman–Crippen LogP) is 1.72. The highest BCUT2D eigenvalue weighted by Crippen LogP contribution is 2.11. The van der Waals surface area contributed by atoms with E-state index in [-0.39, 0.29) is 11.9 Å². The molecule has 0 unspecified atom stereocenters. The zero-order chi connectivity index (χ0) is 17.5. The molecule has 1 aliphatic rings. The van der Waals surface area contributed by atoms with Crippen LogP contribution < -0.4 is 10.2 Å². The van der Waals surface area contributed by atoms with E-state index in [1.165, 1.54) is 11.0 Å². The number of rotatable bonds is 6. The second kappa shape index (κ2) is 8.85. The Hall–Kier alpha value is -2.08. The van der Waals surface area contributed by atoms with Gasteiger partial charge in [0.1, 0.15) is 13.1 Å². The number of quaternary nitrogens is 1. The third-order valence-electron chi connectivity index (χ3n) is 4.29. The third kappa shape index (κ3) is 5.19. The molecule has 1 aliphatic heterocycles. The number of carbonyl (C=O) groups excluding carboxylic acids is 1. The average Bonchev–Trinajstić information content (AvgIpc) is 3.17. The number of morpholine rings is 1. The van der Waals surface area contributed by atoms with Gasteiger partial charge in [0.05, 0.1) is 26.0 Å². The van der Waals surface area contributed by atoms with Crippen molar-refractivity contribution in [1.29, 1.82) is 0 Å². The van der Waals surface area contributed by atoms with Crippen molar-refractivity contribution < 1.29 is 18.8 Å². The largest absolute Gasteiger partial charge is 0.463 e. The Morgan fingerprint density at radius 2 is 2.00 bits per heavy atom. The molecule has 1 amide bonds. The first kappa shape index (κ1) is 17.7. The lowest BCUT2D eigenvalue weighted by molar-refractivity contribution is -0.938. The molecule has 0 spiro atoms. The highest BCUT2D eigenvalue weighted by Gasteiger charge is 2.28. The van der Waals surface area contributed by atoms with Crippen LogP contribution in [-0.4, -0.2) is 38.8 Å². The van der Waals surface area contributed by atoms with Gasteiger partial charge in [-0.05, 0) is 35.9 Å². The molecule has 1 aromatic heterocycles. The maximum absolute atomic E-state index is 12.2. The van der Waals surface area contributed by atoms with E-state index >= 15 is 0 Å². The highest BCUT2D eigenvalue weighted by atomic mass is 35.5. The lowest BCUT2D eigenvalue weighted by Crippen LogP contribution is -3.15. The summed E-state index contributed by atoms with van der Waals surface area (Å²) in [6.45, 7) is 3.80. The van der Waals surface area contributed by atoms with Gasteiger partial charge in [-0.25, -0.2) is 0 Å². The number of hydrogen-bond acceptors (Lipinski definition) is 3. The average molecular weight is 362 g/mol. The fourth-order valence-corrected chi connectivity index (χ4v) is 3.05. The monoisotopic (exact) mass is 361 g/mol. The van der Waals surface area contributed by atoms with Crippen LogP contribution in [0.25, 0.3) is 6.08 Å². The Morgan fingerprint density at radius 3 is 2.68 bits per heavy atom. The van der Waals surface area contributed by atoms with Crippen molar-refractivity contribution >= 4 is 23.6 Å². The number of benzene rings is 1. The van der Waals surface area contributed by atoms with Crippen molar-refractivity contribution in [3.63, 3.8) is 0 Å². The molecule has 0 radical (unpaired) electrons. The molecule has 0 bridgehead atoms. The lowest BCUT2D eigenvalue weighted by atomic mass is 10.1. The van der Waals surface area contributed by atoms with Gasteiger partial charge in [-0.15, -0.1) is 0 Å². The van der Waals surface area contributed by atoms with Gasteiger partial charge in [-0.3, -0.25) is 4.79 Å². The molecule has 0 aliphatic carbocycles. The highest BCUT2D eigenvalue weighted by molar-refractivity contribution is 6.30. The first-order valence-electron chi connectivity index (χ1n) is 8.39. The number of amides is 1. The van der Waals surface area contributed by atoms with Gasteiger partial charge >= 0.3 is 0 Å². The van der Waals surface area contributed by atoms with Gasteiger partial charge in [-0.2, -0.15) is 0 Å². The van der Waals surface area contributed by atoms with Crippen molar-refractivity contribution in [1.82, 2.24) is 5.32 Å². The van der Waals surface area contributed by atoms with Gasteiger partial charge in [-0.1, -0.05) is 23.7 Å². The molecule has 6 heteroatoms. The summed E-state index contributed by atoms with van der Waals surface area (Å²) in [6, 6.07) is 11.3. The molecule has 1 fully saturated rings. The second-order valence-corrected chi connectivity index (χ2v) is 6.41. The second-order valence-electron chi connectivity index (χ2n) is 5.97. The SMILES string of the molecule is O=C(/C=C/c1ccc(Cl)cc1)NC[C@@H](c1ccco1)[NH+]1CCOCC1. The zero-order valence-corrected chi connectivity index (χ0v) is 14.7. The maximum atomic E-state index is 12.2. The van der Waals surface area contributed by atoms with Crippen LogP contribution >= 0.6 is 11.6 Å². The van der Waals surface area contributed by atoms with E-state index in [9.17, 15) is 4.79 Å². The molecule has 2 heterocycles. The summed E-state index contributed by atoms with van der Waals surface area (Å²) in [5.41, 5.74) is 0.931. The molecular formula is C19H22ClN2O3+. The lowest BCUT2D eigenvalue weighted by Gasteiger charge is -2.30. The molecule has 1 aromatic carbocycles. The van der Waals surface area contributed by atoms with Gasteiger partial charge < -0.3 is 19.4 Å². The molecule has 25 heavy (non-hydrogen) atoms. The normalized spacial score (nSPS) is 16.8. The first-order chi connectivity index (χ1) is 12.2. The van der Waals surface area contributed by atoms with Gasteiger partial charge in [0, 0.05) is 11.1 Å². The van der Waals surface area contributed by atoms with Crippen molar-refractivity contribution in [2.75, 3.05) is 32.8 Å². The topological polar surface area (TPSA) is 55.9 Å². The Labute approximate surface area is 152 Å². The molecule has 1 saturated heterocycles. The molecule has 132 valence electrons. The predicted molar refractivity (Wildman–Crippen MR) is 96.5 cm³/mol. The summed E-state index contributed by atoms with van der Waals surface area (Å²) in [6.07, 6.45) is 4.98. The van der Waals surface area contributed by atoms with E-state index in [0.717, 1.165) is 37.6 Å². The molecule has 3 rings (SSSR count). The van der Waals surface area contributed by atoms with Crippen LogP contribution in [0.2, 0.25) is 5.02 Å². The van der Waals surface area contributed by atoms with Crippen LogP contribution in [0.5, 0.6) is 0 Å². The number of hydrogen-bond donors (Lipinski definition) is 2. The molecule has 2 N–H and O–H groups in total. The van der Waals surface area contributed by atoms with Crippen molar-refractivity contribution in [2.45, 2.75) is 6.04 Å². The maximum Gasteiger partial charge on any atom is 0.244 e. The molecule has 2 aromatic rings. The van der Waals surface area contributed by atoms with E-state index < -0.39 is 0 Å². The summed E-state index contributed by atoms with van der Waals surface area (Å²) in [5.74, 6) is 0.762. The first-order valence-corrected chi connectivity index (χ1v) is 8.77.